The van der Waals surface area contributed by atoms with Gasteiger partial charge in [0.25, 0.3) is 0 Å². The minimum absolute atomic E-state index is 0.232. The molecule has 0 bridgehead atoms. The lowest BCUT2D eigenvalue weighted by molar-refractivity contribution is 0.205. The molecule has 0 aliphatic carbocycles. The van der Waals surface area contributed by atoms with Gasteiger partial charge in [-0.15, -0.1) is 0 Å². The zero-order valence-corrected chi connectivity index (χ0v) is 17.2. The maximum atomic E-state index is 12.2. The number of para-hydroxylation sites is 2. The van der Waals surface area contributed by atoms with Gasteiger partial charge < -0.3 is 24.8 Å². The van der Waals surface area contributed by atoms with E-state index in [2.05, 4.69) is 15.6 Å². The summed E-state index contributed by atoms with van der Waals surface area (Å²) >= 11 is 0. The van der Waals surface area contributed by atoms with Crippen LogP contribution in [0.25, 0.3) is 0 Å². The molecule has 7 heteroatoms. The highest BCUT2D eigenvalue weighted by Crippen LogP contribution is 2.27. The van der Waals surface area contributed by atoms with Crippen molar-refractivity contribution in [1.29, 1.82) is 0 Å². The molecular weight excluding hydrogens is 382 g/mol. The van der Waals surface area contributed by atoms with Crippen molar-refractivity contribution in [2.75, 3.05) is 19.0 Å². The lowest BCUT2D eigenvalue weighted by Crippen LogP contribution is -2.36. The summed E-state index contributed by atoms with van der Waals surface area (Å²) in [4.78, 5) is 16.3. The van der Waals surface area contributed by atoms with Crippen LogP contribution in [-0.4, -0.2) is 30.8 Å². The quantitative estimate of drug-likeness (QED) is 0.562. The summed E-state index contributed by atoms with van der Waals surface area (Å²) in [7, 11) is 1.59. The van der Waals surface area contributed by atoms with Crippen molar-refractivity contribution in [3.63, 3.8) is 0 Å². The molecule has 156 valence electrons. The van der Waals surface area contributed by atoms with Gasteiger partial charge in [-0.1, -0.05) is 12.1 Å². The van der Waals surface area contributed by atoms with Crippen LogP contribution >= 0.6 is 0 Å². The molecule has 2 aromatic carbocycles. The van der Waals surface area contributed by atoms with E-state index in [4.69, 9.17) is 14.2 Å². The Balaban J connectivity index is 1.50. The third-order valence-electron chi connectivity index (χ3n) is 4.24. The first-order chi connectivity index (χ1) is 14.5. The fourth-order valence-electron chi connectivity index (χ4n) is 2.76. The zero-order chi connectivity index (χ0) is 21.3. The Morgan fingerprint density at radius 2 is 1.87 bits per heavy atom. The zero-order valence-electron chi connectivity index (χ0n) is 17.2. The van der Waals surface area contributed by atoms with E-state index in [-0.39, 0.29) is 12.1 Å². The second kappa shape index (κ2) is 10.2. The maximum Gasteiger partial charge on any atom is 0.319 e. The Morgan fingerprint density at radius 1 is 1.07 bits per heavy atom. The predicted octanol–water partition coefficient (Wildman–Crippen LogP) is 4.78. The van der Waals surface area contributed by atoms with Gasteiger partial charge in [0, 0.05) is 11.9 Å². The number of aryl methyl sites for hydroxylation is 1. The van der Waals surface area contributed by atoms with Crippen molar-refractivity contribution in [2.24, 2.45) is 0 Å². The highest BCUT2D eigenvalue weighted by Gasteiger charge is 2.11. The molecule has 2 amide bonds. The number of nitrogens with one attached hydrogen (secondary N) is 2. The molecule has 1 atom stereocenters. The number of hydrogen-bond acceptors (Lipinski definition) is 5. The van der Waals surface area contributed by atoms with Crippen LogP contribution in [0.15, 0.2) is 67.0 Å². The summed E-state index contributed by atoms with van der Waals surface area (Å²) < 4.78 is 16.9. The third-order valence-corrected chi connectivity index (χ3v) is 4.24. The van der Waals surface area contributed by atoms with E-state index in [0.717, 1.165) is 5.56 Å². The van der Waals surface area contributed by atoms with Gasteiger partial charge in [-0.25, -0.2) is 4.79 Å². The lowest BCUT2D eigenvalue weighted by Gasteiger charge is -2.17. The van der Waals surface area contributed by atoms with Gasteiger partial charge >= 0.3 is 6.03 Å². The topological polar surface area (TPSA) is 81.7 Å². The van der Waals surface area contributed by atoms with Gasteiger partial charge in [0.05, 0.1) is 19.9 Å². The van der Waals surface area contributed by atoms with Gasteiger partial charge in [-0.3, -0.25) is 4.98 Å². The molecule has 1 aromatic heterocycles. The molecule has 1 unspecified atom stereocenters. The van der Waals surface area contributed by atoms with Crippen LogP contribution < -0.4 is 24.8 Å². The standard InChI is InChI=1S/C23H25N3O4/c1-16-13-18(10-11-20(16)30-19-7-6-12-24-15-19)26-23(27)25-14-17(2)29-22-9-5-4-8-21(22)28-3/h4-13,15,17H,14H2,1-3H3,(H2,25,26,27). The Bertz CT molecular complexity index is 979. The van der Waals surface area contributed by atoms with Crippen LogP contribution in [0.1, 0.15) is 12.5 Å². The summed E-state index contributed by atoms with van der Waals surface area (Å²) in [6.45, 7) is 4.13. The molecule has 1 heterocycles. The number of methoxy groups -OCH3 is 1. The first-order valence-electron chi connectivity index (χ1n) is 9.58. The number of urea groups is 1. The number of carbonyl (C=O) groups excluding carboxylic acids is 1. The number of nitrogens with zero attached hydrogens (tertiary/aromatic N) is 1. The fourth-order valence-corrected chi connectivity index (χ4v) is 2.76. The van der Waals surface area contributed by atoms with Crippen LogP contribution in [0.3, 0.4) is 0 Å². The Morgan fingerprint density at radius 3 is 2.57 bits per heavy atom. The van der Waals surface area contributed by atoms with E-state index in [9.17, 15) is 4.79 Å². The predicted molar refractivity (Wildman–Crippen MR) is 116 cm³/mol. The maximum absolute atomic E-state index is 12.2. The van der Waals surface area contributed by atoms with Crippen LogP contribution in [-0.2, 0) is 0 Å². The van der Waals surface area contributed by atoms with Crippen LogP contribution in [0, 0.1) is 6.92 Å². The van der Waals surface area contributed by atoms with Crippen molar-refractivity contribution in [3.8, 4) is 23.0 Å². The van der Waals surface area contributed by atoms with E-state index < -0.39 is 0 Å². The van der Waals surface area contributed by atoms with Gasteiger partial charge in [-0.2, -0.15) is 0 Å². The summed E-state index contributed by atoms with van der Waals surface area (Å²) in [6, 6.07) is 16.2. The molecule has 2 N–H and O–H groups in total. The Hall–Kier alpha value is -3.74. The van der Waals surface area contributed by atoms with E-state index in [1.54, 1.807) is 25.6 Å². The van der Waals surface area contributed by atoms with E-state index in [0.29, 0.717) is 35.2 Å². The van der Waals surface area contributed by atoms with Crippen molar-refractivity contribution in [2.45, 2.75) is 20.0 Å². The summed E-state index contributed by atoms with van der Waals surface area (Å²) in [5, 5.41) is 5.62. The highest BCUT2D eigenvalue weighted by atomic mass is 16.5. The number of amides is 2. The molecular formula is C23H25N3O4. The number of hydrogen-bond donors (Lipinski definition) is 2. The lowest BCUT2D eigenvalue weighted by atomic mass is 10.2. The number of pyridine rings is 1. The first kappa shape index (κ1) is 21.0. The number of anilines is 1. The van der Waals surface area contributed by atoms with Crippen LogP contribution in [0.4, 0.5) is 10.5 Å². The van der Waals surface area contributed by atoms with Crippen LogP contribution in [0.2, 0.25) is 0 Å². The van der Waals surface area contributed by atoms with E-state index in [1.165, 1.54) is 0 Å². The SMILES string of the molecule is COc1ccccc1OC(C)CNC(=O)Nc1ccc(Oc2cccnc2)c(C)c1. The molecule has 0 saturated heterocycles. The molecule has 30 heavy (non-hydrogen) atoms. The average molecular weight is 407 g/mol. The number of carbonyl (C=O) groups is 1. The average Bonchev–Trinajstić information content (AvgIpc) is 2.75. The highest BCUT2D eigenvalue weighted by molar-refractivity contribution is 5.89. The normalized spacial score (nSPS) is 11.3. The first-order valence-corrected chi connectivity index (χ1v) is 9.58. The second-order valence-electron chi connectivity index (χ2n) is 6.69. The summed E-state index contributed by atoms with van der Waals surface area (Å²) in [5.41, 5.74) is 1.56. The van der Waals surface area contributed by atoms with Crippen molar-refractivity contribution >= 4 is 11.7 Å². The molecule has 0 fully saturated rings. The van der Waals surface area contributed by atoms with Crippen molar-refractivity contribution < 1.29 is 19.0 Å². The van der Waals surface area contributed by atoms with Gasteiger partial charge in [0.15, 0.2) is 11.5 Å². The Labute approximate surface area is 176 Å². The smallest absolute Gasteiger partial charge is 0.319 e. The molecule has 0 radical (unpaired) electrons. The van der Waals surface area contributed by atoms with Gasteiger partial charge in [0.1, 0.15) is 17.6 Å². The van der Waals surface area contributed by atoms with E-state index >= 15 is 0 Å². The molecule has 3 rings (SSSR count). The minimum Gasteiger partial charge on any atom is -0.493 e. The minimum atomic E-state index is -0.314. The van der Waals surface area contributed by atoms with Crippen molar-refractivity contribution in [3.05, 3.63) is 72.6 Å². The molecule has 0 aliphatic rings. The number of benzene rings is 2. The summed E-state index contributed by atoms with van der Waals surface area (Å²) in [6.07, 6.45) is 3.10. The fraction of sp³-hybridized carbons (Fsp3) is 0.217. The molecule has 0 spiro atoms. The van der Waals surface area contributed by atoms with Crippen LogP contribution in [0.5, 0.6) is 23.0 Å². The number of aromatic nitrogens is 1. The monoisotopic (exact) mass is 407 g/mol. The molecule has 7 nitrogen and oxygen atoms in total. The third kappa shape index (κ3) is 5.88. The number of ether oxygens (including phenoxy) is 3. The second-order valence-corrected chi connectivity index (χ2v) is 6.69. The van der Waals surface area contributed by atoms with Crippen molar-refractivity contribution in [1.82, 2.24) is 10.3 Å². The van der Waals surface area contributed by atoms with Gasteiger partial charge in [0.2, 0.25) is 0 Å². The molecule has 0 aliphatic heterocycles. The molecule has 0 saturated carbocycles. The summed E-state index contributed by atoms with van der Waals surface area (Å²) in [5.74, 6) is 2.64. The van der Waals surface area contributed by atoms with E-state index in [1.807, 2.05) is 62.4 Å². The van der Waals surface area contributed by atoms with Gasteiger partial charge in [-0.05, 0) is 61.9 Å². The molecule has 3 aromatic rings. The Kier molecular flexibility index (Phi) is 7.10. The largest absolute Gasteiger partial charge is 0.493 e. The number of rotatable bonds is 8.